The topological polar surface area (TPSA) is 84.7 Å². The zero-order chi connectivity index (χ0) is 19.3. The van der Waals surface area contributed by atoms with Crippen LogP contribution in [0, 0.1) is 15.9 Å². The zero-order valence-electron chi connectivity index (χ0n) is 14.7. The van der Waals surface area contributed by atoms with Gasteiger partial charge in [0.1, 0.15) is 11.6 Å². The Balaban J connectivity index is 2.10. The molecule has 0 heterocycles. The third kappa shape index (κ3) is 4.76. The van der Waals surface area contributed by atoms with Gasteiger partial charge in [0.25, 0.3) is 5.69 Å². The zero-order valence-corrected chi connectivity index (χ0v) is 14.7. The Morgan fingerprint density at radius 1 is 1.35 bits per heavy atom. The Morgan fingerprint density at radius 3 is 2.69 bits per heavy atom. The molecule has 1 atom stereocenters. The summed E-state index contributed by atoms with van der Waals surface area (Å²) in [7, 11) is 3.15. The van der Waals surface area contributed by atoms with Crippen molar-refractivity contribution in [2.24, 2.45) is 0 Å². The molecule has 26 heavy (non-hydrogen) atoms. The molecule has 0 aliphatic carbocycles. The summed E-state index contributed by atoms with van der Waals surface area (Å²) in [4.78, 5) is 24.6. The standard InChI is InChI=1S/C18H20FN3O4/c1-12(21(2)11-13-5-4-6-14(19)9-13)18(23)20-16-10-15(22(24)25)7-8-17(16)26-3/h4-10,12H,11H2,1-3H3,(H,20,23)/t12-/m0/s1. The fourth-order valence-corrected chi connectivity index (χ4v) is 2.40. The molecule has 0 bridgehead atoms. The first kappa shape index (κ1) is 19.3. The average Bonchev–Trinajstić information content (AvgIpc) is 2.60. The van der Waals surface area contributed by atoms with Gasteiger partial charge < -0.3 is 10.1 Å². The van der Waals surface area contributed by atoms with Crippen molar-refractivity contribution in [1.82, 2.24) is 4.90 Å². The minimum atomic E-state index is -0.553. The van der Waals surface area contributed by atoms with Crippen LogP contribution in [0.25, 0.3) is 0 Å². The molecule has 2 aromatic rings. The molecular weight excluding hydrogens is 341 g/mol. The van der Waals surface area contributed by atoms with Crippen LogP contribution in [0.3, 0.4) is 0 Å². The number of rotatable bonds is 7. The Hall–Kier alpha value is -3.00. The van der Waals surface area contributed by atoms with Crippen LogP contribution < -0.4 is 10.1 Å². The Kier molecular flexibility index (Phi) is 6.24. The van der Waals surface area contributed by atoms with Crippen molar-refractivity contribution in [1.29, 1.82) is 0 Å². The largest absolute Gasteiger partial charge is 0.495 e. The van der Waals surface area contributed by atoms with E-state index >= 15 is 0 Å². The molecule has 0 aliphatic rings. The monoisotopic (exact) mass is 361 g/mol. The number of carbonyl (C=O) groups is 1. The molecule has 0 radical (unpaired) electrons. The van der Waals surface area contributed by atoms with Gasteiger partial charge in [-0.1, -0.05) is 12.1 Å². The maximum absolute atomic E-state index is 13.3. The van der Waals surface area contributed by atoms with E-state index in [1.54, 1.807) is 31.0 Å². The number of hydrogen-bond donors (Lipinski definition) is 1. The number of nitrogens with one attached hydrogen (secondary N) is 1. The minimum Gasteiger partial charge on any atom is -0.495 e. The van der Waals surface area contributed by atoms with E-state index in [0.717, 1.165) is 5.56 Å². The number of amides is 1. The van der Waals surface area contributed by atoms with Gasteiger partial charge in [-0.3, -0.25) is 19.8 Å². The lowest BCUT2D eigenvalue weighted by Crippen LogP contribution is -2.39. The summed E-state index contributed by atoms with van der Waals surface area (Å²) in [5, 5.41) is 13.6. The maximum atomic E-state index is 13.3. The molecule has 138 valence electrons. The molecule has 0 saturated heterocycles. The predicted molar refractivity (Wildman–Crippen MR) is 95.6 cm³/mol. The number of hydrogen-bond acceptors (Lipinski definition) is 5. The average molecular weight is 361 g/mol. The number of methoxy groups -OCH3 is 1. The number of ether oxygens (including phenoxy) is 1. The fourth-order valence-electron chi connectivity index (χ4n) is 2.40. The van der Waals surface area contributed by atoms with Crippen LogP contribution >= 0.6 is 0 Å². The van der Waals surface area contributed by atoms with Crippen LogP contribution in [-0.4, -0.2) is 35.9 Å². The van der Waals surface area contributed by atoms with Gasteiger partial charge in [-0.25, -0.2) is 4.39 Å². The number of benzene rings is 2. The lowest BCUT2D eigenvalue weighted by molar-refractivity contribution is -0.384. The molecule has 0 aromatic heterocycles. The normalized spacial score (nSPS) is 11.9. The van der Waals surface area contributed by atoms with Gasteiger partial charge in [0, 0.05) is 18.7 Å². The van der Waals surface area contributed by atoms with E-state index in [2.05, 4.69) is 5.32 Å². The van der Waals surface area contributed by atoms with Crippen molar-refractivity contribution in [2.75, 3.05) is 19.5 Å². The van der Waals surface area contributed by atoms with Crippen LogP contribution in [0.15, 0.2) is 42.5 Å². The Morgan fingerprint density at radius 2 is 2.08 bits per heavy atom. The molecule has 0 fully saturated rings. The first-order valence-corrected chi connectivity index (χ1v) is 7.89. The number of likely N-dealkylation sites (N-methyl/N-ethyl adjacent to an activating group) is 1. The van der Waals surface area contributed by atoms with Gasteiger partial charge in [0.15, 0.2) is 0 Å². The number of carbonyl (C=O) groups excluding carboxylic acids is 1. The first-order chi connectivity index (χ1) is 12.3. The van der Waals surface area contributed by atoms with Crippen molar-refractivity contribution < 1.29 is 18.8 Å². The van der Waals surface area contributed by atoms with E-state index in [1.165, 1.54) is 37.4 Å². The Bertz CT molecular complexity index is 813. The van der Waals surface area contributed by atoms with Crippen molar-refractivity contribution in [2.45, 2.75) is 19.5 Å². The second-order valence-corrected chi connectivity index (χ2v) is 5.85. The molecule has 7 nitrogen and oxygen atoms in total. The number of non-ortho nitro benzene ring substituents is 1. The van der Waals surface area contributed by atoms with Crippen LogP contribution in [0.1, 0.15) is 12.5 Å². The van der Waals surface area contributed by atoms with E-state index in [-0.39, 0.29) is 23.1 Å². The maximum Gasteiger partial charge on any atom is 0.271 e. The number of halogens is 1. The van der Waals surface area contributed by atoms with Crippen LogP contribution in [-0.2, 0) is 11.3 Å². The van der Waals surface area contributed by atoms with Crippen LogP contribution in [0.5, 0.6) is 5.75 Å². The van der Waals surface area contributed by atoms with Gasteiger partial charge in [-0.15, -0.1) is 0 Å². The number of anilines is 1. The second kappa shape index (κ2) is 8.39. The van der Waals surface area contributed by atoms with Gasteiger partial charge in [0.2, 0.25) is 5.91 Å². The molecule has 2 rings (SSSR count). The summed E-state index contributed by atoms with van der Waals surface area (Å²) in [6.07, 6.45) is 0. The molecule has 0 spiro atoms. The second-order valence-electron chi connectivity index (χ2n) is 5.85. The molecule has 8 heteroatoms. The lowest BCUT2D eigenvalue weighted by Gasteiger charge is -2.24. The molecule has 0 aliphatic heterocycles. The van der Waals surface area contributed by atoms with Crippen molar-refractivity contribution >= 4 is 17.3 Å². The molecule has 1 N–H and O–H groups in total. The highest BCUT2D eigenvalue weighted by Gasteiger charge is 2.21. The highest BCUT2D eigenvalue weighted by atomic mass is 19.1. The predicted octanol–water partition coefficient (Wildman–Crippen LogP) is 3.20. The molecule has 0 unspecified atom stereocenters. The number of nitro groups is 1. The van der Waals surface area contributed by atoms with E-state index in [9.17, 15) is 19.3 Å². The summed E-state index contributed by atoms with van der Waals surface area (Å²) in [5.74, 6) is -0.374. The van der Waals surface area contributed by atoms with Crippen LogP contribution in [0.4, 0.5) is 15.8 Å². The summed E-state index contributed by atoms with van der Waals surface area (Å²) in [6, 6.07) is 9.56. The van der Waals surface area contributed by atoms with Gasteiger partial charge in [-0.2, -0.15) is 0 Å². The van der Waals surface area contributed by atoms with E-state index in [1.807, 2.05) is 0 Å². The smallest absolute Gasteiger partial charge is 0.271 e. The van der Waals surface area contributed by atoms with Gasteiger partial charge in [-0.05, 0) is 37.7 Å². The highest BCUT2D eigenvalue weighted by molar-refractivity contribution is 5.96. The molecular formula is C18H20FN3O4. The Labute approximate surface area is 150 Å². The third-order valence-electron chi connectivity index (χ3n) is 4.01. The minimum absolute atomic E-state index is 0.151. The molecule has 0 saturated carbocycles. The molecule has 2 aromatic carbocycles. The summed E-state index contributed by atoms with van der Waals surface area (Å²) < 4.78 is 18.4. The van der Waals surface area contributed by atoms with E-state index < -0.39 is 11.0 Å². The summed E-state index contributed by atoms with van der Waals surface area (Å²) in [6.45, 7) is 2.07. The quantitative estimate of drug-likeness (QED) is 0.605. The first-order valence-electron chi connectivity index (χ1n) is 7.89. The summed E-state index contributed by atoms with van der Waals surface area (Å²) in [5.41, 5.74) is 0.805. The van der Waals surface area contributed by atoms with Crippen molar-refractivity contribution in [3.05, 3.63) is 64.0 Å². The van der Waals surface area contributed by atoms with Crippen molar-refractivity contribution in [3.8, 4) is 5.75 Å². The van der Waals surface area contributed by atoms with E-state index in [4.69, 9.17) is 4.74 Å². The van der Waals surface area contributed by atoms with Crippen LogP contribution in [0.2, 0.25) is 0 Å². The summed E-state index contributed by atoms with van der Waals surface area (Å²) >= 11 is 0. The lowest BCUT2D eigenvalue weighted by atomic mass is 10.1. The van der Waals surface area contributed by atoms with Crippen molar-refractivity contribution in [3.63, 3.8) is 0 Å². The fraction of sp³-hybridized carbons (Fsp3) is 0.278. The van der Waals surface area contributed by atoms with E-state index in [0.29, 0.717) is 12.3 Å². The van der Waals surface area contributed by atoms with Gasteiger partial charge in [0.05, 0.1) is 23.8 Å². The number of nitro benzene ring substituents is 1. The highest BCUT2D eigenvalue weighted by Crippen LogP contribution is 2.29. The SMILES string of the molecule is COc1ccc([N+](=O)[O-])cc1NC(=O)[C@H](C)N(C)Cc1cccc(F)c1. The molecule has 1 amide bonds. The van der Waals surface area contributed by atoms with Gasteiger partial charge >= 0.3 is 0 Å². The number of nitrogens with zero attached hydrogens (tertiary/aromatic N) is 2. The third-order valence-corrected chi connectivity index (χ3v) is 4.01.